The summed E-state index contributed by atoms with van der Waals surface area (Å²) >= 11 is 11.7. The molecular formula is C11H14Cl2O2. The Labute approximate surface area is 100 Å². The number of ether oxygens (including phenoxy) is 2. The fraction of sp³-hybridized carbons (Fsp3) is 0.455. The fourth-order valence-corrected chi connectivity index (χ4v) is 1.38. The third-order valence-corrected chi connectivity index (χ3v) is 2.27. The van der Waals surface area contributed by atoms with Crippen LogP contribution in [0, 0.1) is 0 Å². The summed E-state index contributed by atoms with van der Waals surface area (Å²) in [5.41, 5.74) is 0. The van der Waals surface area contributed by atoms with E-state index in [9.17, 15) is 0 Å². The molecule has 1 aromatic carbocycles. The van der Waals surface area contributed by atoms with Gasteiger partial charge in [-0.1, -0.05) is 30.1 Å². The maximum Gasteiger partial charge on any atom is 0.139 e. The zero-order chi connectivity index (χ0) is 11.1. The molecule has 0 saturated carbocycles. The molecule has 0 unspecified atom stereocenters. The molecule has 4 heteroatoms. The zero-order valence-corrected chi connectivity index (χ0v) is 10.1. The fourth-order valence-electron chi connectivity index (χ4n) is 1.04. The highest BCUT2D eigenvalue weighted by Crippen LogP contribution is 2.27. The van der Waals surface area contributed by atoms with Crippen LogP contribution in [0.4, 0.5) is 0 Å². The number of hydrogen-bond acceptors (Lipinski definition) is 2. The number of hydrogen-bond donors (Lipinski definition) is 0. The first kappa shape index (κ1) is 12.6. The Hall–Kier alpha value is -0.440. The average molecular weight is 249 g/mol. The Morgan fingerprint density at radius 1 is 1.13 bits per heavy atom. The van der Waals surface area contributed by atoms with Gasteiger partial charge in [0, 0.05) is 17.7 Å². The summed E-state index contributed by atoms with van der Waals surface area (Å²) in [5, 5.41) is 1.18. The highest BCUT2D eigenvalue weighted by Gasteiger charge is 2.01. The van der Waals surface area contributed by atoms with Crippen molar-refractivity contribution in [1.29, 1.82) is 0 Å². The van der Waals surface area contributed by atoms with E-state index in [1.54, 1.807) is 18.2 Å². The summed E-state index contributed by atoms with van der Waals surface area (Å²) in [5.74, 6) is 0.601. The van der Waals surface area contributed by atoms with E-state index in [0.29, 0.717) is 29.0 Å². The number of rotatable bonds is 6. The van der Waals surface area contributed by atoms with Crippen molar-refractivity contribution in [2.24, 2.45) is 0 Å². The summed E-state index contributed by atoms with van der Waals surface area (Å²) in [6.45, 7) is 3.87. The molecule has 0 aliphatic rings. The second-order valence-corrected chi connectivity index (χ2v) is 3.88. The first-order valence-electron chi connectivity index (χ1n) is 4.89. The maximum atomic E-state index is 5.91. The van der Waals surface area contributed by atoms with Crippen molar-refractivity contribution in [2.75, 3.05) is 19.8 Å². The molecule has 0 amide bonds. The third-order valence-electron chi connectivity index (χ3n) is 1.73. The van der Waals surface area contributed by atoms with E-state index in [0.717, 1.165) is 13.0 Å². The first-order valence-corrected chi connectivity index (χ1v) is 5.65. The van der Waals surface area contributed by atoms with Gasteiger partial charge in [0.2, 0.25) is 0 Å². The average Bonchev–Trinajstić information content (AvgIpc) is 2.23. The Balaban J connectivity index is 2.33. The van der Waals surface area contributed by atoms with E-state index in [-0.39, 0.29) is 0 Å². The van der Waals surface area contributed by atoms with Crippen LogP contribution >= 0.6 is 23.2 Å². The van der Waals surface area contributed by atoms with Crippen molar-refractivity contribution in [2.45, 2.75) is 13.3 Å². The molecule has 1 rings (SSSR count). The van der Waals surface area contributed by atoms with E-state index in [4.69, 9.17) is 32.7 Å². The second kappa shape index (κ2) is 6.94. The molecule has 1 aromatic rings. The molecule has 0 radical (unpaired) electrons. The van der Waals surface area contributed by atoms with Crippen LogP contribution in [0.15, 0.2) is 18.2 Å². The van der Waals surface area contributed by atoms with E-state index < -0.39 is 0 Å². The van der Waals surface area contributed by atoms with Crippen molar-refractivity contribution >= 4 is 23.2 Å². The molecule has 2 nitrogen and oxygen atoms in total. The molecule has 84 valence electrons. The molecule has 0 aliphatic heterocycles. The van der Waals surface area contributed by atoms with Crippen molar-refractivity contribution in [3.8, 4) is 5.75 Å². The summed E-state index contributed by atoms with van der Waals surface area (Å²) in [6.07, 6.45) is 1.01. The van der Waals surface area contributed by atoms with Crippen molar-refractivity contribution in [1.82, 2.24) is 0 Å². The van der Waals surface area contributed by atoms with E-state index in [1.165, 1.54) is 0 Å². The van der Waals surface area contributed by atoms with Crippen LogP contribution < -0.4 is 4.74 Å². The lowest BCUT2D eigenvalue weighted by atomic mass is 10.3. The van der Waals surface area contributed by atoms with Crippen LogP contribution in [0.3, 0.4) is 0 Å². The minimum absolute atomic E-state index is 0.486. The molecule has 0 spiro atoms. The van der Waals surface area contributed by atoms with Crippen molar-refractivity contribution in [3.63, 3.8) is 0 Å². The van der Waals surface area contributed by atoms with E-state index >= 15 is 0 Å². The smallest absolute Gasteiger partial charge is 0.139 e. The number of benzene rings is 1. The lowest BCUT2D eigenvalue weighted by Crippen LogP contribution is -2.07. The molecule has 0 atom stereocenters. The van der Waals surface area contributed by atoms with Gasteiger partial charge in [0.1, 0.15) is 12.4 Å². The lowest BCUT2D eigenvalue weighted by Gasteiger charge is -2.08. The van der Waals surface area contributed by atoms with Crippen LogP contribution in [0.5, 0.6) is 5.75 Å². The Bertz CT molecular complexity index is 303. The zero-order valence-electron chi connectivity index (χ0n) is 8.63. The molecule has 0 saturated heterocycles. The van der Waals surface area contributed by atoms with Gasteiger partial charge in [0.05, 0.1) is 11.6 Å². The van der Waals surface area contributed by atoms with Gasteiger partial charge in [0.25, 0.3) is 0 Å². The van der Waals surface area contributed by atoms with E-state index in [2.05, 4.69) is 6.92 Å². The standard InChI is InChI=1S/C11H14Cl2O2/c1-2-5-14-6-7-15-11-8-9(12)3-4-10(11)13/h3-4,8H,2,5-7H2,1H3. The molecular weight excluding hydrogens is 235 g/mol. The van der Waals surface area contributed by atoms with Crippen LogP contribution in [0.2, 0.25) is 10.0 Å². The van der Waals surface area contributed by atoms with Gasteiger partial charge in [-0.3, -0.25) is 0 Å². The maximum absolute atomic E-state index is 5.91. The quantitative estimate of drug-likeness (QED) is 0.714. The monoisotopic (exact) mass is 248 g/mol. The van der Waals surface area contributed by atoms with Gasteiger partial charge >= 0.3 is 0 Å². The Kier molecular flexibility index (Phi) is 5.84. The van der Waals surface area contributed by atoms with E-state index in [1.807, 2.05) is 0 Å². The summed E-state index contributed by atoms with van der Waals surface area (Å²) < 4.78 is 10.7. The minimum atomic E-state index is 0.486. The highest BCUT2D eigenvalue weighted by atomic mass is 35.5. The van der Waals surface area contributed by atoms with Gasteiger partial charge in [-0.05, 0) is 18.6 Å². The lowest BCUT2D eigenvalue weighted by molar-refractivity contribution is 0.101. The largest absolute Gasteiger partial charge is 0.490 e. The molecule has 0 aromatic heterocycles. The topological polar surface area (TPSA) is 18.5 Å². The van der Waals surface area contributed by atoms with Gasteiger partial charge in [0.15, 0.2) is 0 Å². The van der Waals surface area contributed by atoms with Crippen LogP contribution in [0.25, 0.3) is 0 Å². The molecule has 0 aliphatic carbocycles. The number of halogens is 2. The molecule has 0 bridgehead atoms. The second-order valence-electron chi connectivity index (χ2n) is 3.04. The highest BCUT2D eigenvalue weighted by molar-refractivity contribution is 6.34. The summed E-state index contributed by atoms with van der Waals surface area (Å²) in [7, 11) is 0. The summed E-state index contributed by atoms with van der Waals surface area (Å²) in [4.78, 5) is 0. The molecule has 0 fully saturated rings. The summed E-state index contributed by atoms with van der Waals surface area (Å²) in [6, 6.07) is 5.14. The Morgan fingerprint density at radius 3 is 2.67 bits per heavy atom. The SMILES string of the molecule is CCCOCCOc1cc(Cl)ccc1Cl. The molecule has 0 N–H and O–H groups in total. The van der Waals surface area contributed by atoms with Crippen LogP contribution in [-0.2, 0) is 4.74 Å². The molecule has 15 heavy (non-hydrogen) atoms. The predicted molar refractivity (Wildman–Crippen MR) is 63.1 cm³/mol. The first-order chi connectivity index (χ1) is 7.24. The van der Waals surface area contributed by atoms with Crippen molar-refractivity contribution in [3.05, 3.63) is 28.2 Å². The third kappa shape index (κ3) is 4.74. The van der Waals surface area contributed by atoms with Crippen LogP contribution in [0.1, 0.15) is 13.3 Å². The molecule has 0 heterocycles. The van der Waals surface area contributed by atoms with Gasteiger partial charge < -0.3 is 9.47 Å². The van der Waals surface area contributed by atoms with Gasteiger partial charge in [-0.2, -0.15) is 0 Å². The van der Waals surface area contributed by atoms with Gasteiger partial charge in [-0.25, -0.2) is 0 Å². The van der Waals surface area contributed by atoms with Crippen molar-refractivity contribution < 1.29 is 9.47 Å². The van der Waals surface area contributed by atoms with Gasteiger partial charge in [-0.15, -0.1) is 0 Å². The minimum Gasteiger partial charge on any atom is -0.490 e. The normalized spacial score (nSPS) is 10.3. The predicted octanol–water partition coefficient (Wildman–Crippen LogP) is 3.80. The van der Waals surface area contributed by atoms with Crippen LogP contribution in [-0.4, -0.2) is 19.8 Å². The Morgan fingerprint density at radius 2 is 1.93 bits per heavy atom.